The fourth-order valence-electron chi connectivity index (χ4n) is 1.29. The van der Waals surface area contributed by atoms with Gasteiger partial charge < -0.3 is 4.42 Å². The summed E-state index contributed by atoms with van der Waals surface area (Å²) in [7, 11) is 0. The van der Waals surface area contributed by atoms with Gasteiger partial charge in [0.15, 0.2) is 0 Å². The third-order valence-corrected chi connectivity index (χ3v) is 5.24. The highest BCUT2D eigenvalue weighted by atomic mass is 79.9. The number of thiophene rings is 1. The smallest absolute Gasteiger partial charge is 0.105 e. The van der Waals surface area contributed by atoms with Crippen LogP contribution in [0.25, 0.3) is 0 Å². The van der Waals surface area contributed by atoms with Crippen LogP contribution < -0.4 is 0 Å². The van der Waals surface area contributed by atoms with E-state index in [4.69, 9.17) is 4.42 Å². The number of furan rings is 1. The van der Waals surface area contributed by atoms with Crippen molar-refractivity contribution in [1.29, 1.82) is 0 Å². The standard InChI is InChI=1S/C10H8Br2OS/c1-6-7(2-4-13-6)9(12)10-8(11)3-5-14-10/h2-5,9H,1H3. The number of alkyl halides is 1. The molecule has 0 aliphatic heterocycles. The van der Waals surface area contributed by atoms with Crippen molar-refractivity contribution in [3.8, 4) is 0 Å². The summed E-state index contributed by atoms with van der Waals surface area (Å²) in [5.41, 5.74) is 1.19. The van der Waals surface area contributed by atoms with E-state index < -0.39 is 0 Å². The molecule has 14 heavy (non-hydrogen) atoms. The lowest BCUT2D eigenvalue weighted by atomic mass is 10.1. The molecule has 0 spiro atoms. The van der Waals surface area contributed by atoms with Crippen LogP contribution in [0.1, 0.15) is 21.0 Å². The summed E-state index contributed by atoms with van der Waals surface area (Å²) in [6.07, 6.45) is 1.72. The van der Waals surface area contributed by atoms with Gasteiger partial charge in [0.2, 0.25) is 0 Å². The molecule has 1 nitrogen and oxygen atoms in total. The van der Waals surface area contributed by atoms with Crippen molar-refractivity contribution in [2.75, 3.05) is 0 Å². The first-order valence-electron chi connectivity index (χ1n) is 4.11. The topological polar surface area (TPSA) is 13.1 Å². The van der Waals surface area contributed by atoms with E-state index >= 15 is 0 Å². The molecule has 0 aromatic carbocycles. The molecule has 1 atom stereocenters. The molecule has 0 N–H and O–H groups in total. The second kappa shape index (κ2) is 4.21. The van der Waals surface area contributed by atoms with Crippen LogP contribution in [0.5, 0.6) is 0 Å². The van der Waals surface area contributed by atoms with Gasteiger partial charge in [0.05, 0.1) is 11.1 Å². The summed E-state index contributed by atoms with van der Waals surface area (Å²) in [4.78, 5) is 1.49. The Labute approximate surface area is 103 Å². The zero-order valence-corrected chi connectivity index (χ0v) is 11.4. The molecule has 0 saturated heterocycles. The number of hydrogen-bond acceptors (Lipinski definition) is 2. The van der Waals surface area contributed by atoms with E-state index in [1.165, 1.54) is 10.4 Å². The van der Waals surface area contributed by atoms with Gasteiger partial charge in [-0.25, -0.2) is 0 Å². The largest absolute Gasteiger partial charge is 0.469 e. The van der Waals surface area contributed by atoms with Crippen molar-refractivity contribution in [1.82, 2.24) is 0 Å². The molecule has 0 saturated carbocycles. The fourth-order valence-corrected chi connectivity index (χ4v) is 4.23. The highest BCUT2D eigenvalue weighted by Gasteiger charge is 2.18. The normalized spacial score (nSPS) is 13.1. The van der Waals surface area contributed by atoms with E-state index in [-0.39, 0.29) is 4.83 Å². The van der Waals surface area contributed by atoms with Crippen LogP contribution in [0.15, 0.2) is 32.7 Å². The molecular formula is C10H8Br2OS. The van der Waals surface area contributed by atoms with Crippen molar-refractivity contribution >= 4 is 43.2 Å². The summed E-state index contributed by atoms with van der Waals surface area (Å²) in [6, 6.07) is 4.06. The summed E-state index contributed by atoms with van der Waals surface area (Å²) in [5.74, 6) is 0.965. The molecule has 0 radical (unpaired) electrons. The Balaban J connectivity index is 2.38. The van der Waals surface area contributed by atoms with Crippen LogP contribution in [0.3, 0.4) is 0 Å². The maximum atomic E-state index is 5.28. The first-order chi connectivity index (χ1) is 6.70. The van der Waals surface area contributed by atoms with Crippen LogP contribution >= 0.6 is 43.2 Å². The Hall–Kier alpha value is -0.0600. The van der Waals surface area contributed by atoms with Gasteiger partial charge in [0.1, 0.15) is 5.76 Å². The van der Waals surface area contributed by atoms with Crippen LogP contribution in [0.2, 0.25) is 0 Å². The molecular weight excluding hydrogens is 328 g/mol. The third-order valence-electron chi connectivity index (χ3n) is 2.05. The first kappa shape index (κ1) is 10.5. The zero-order chi connectivity index (χ0) is 10.1. The van der Waals surface area contributed by atoms with Gasteiger partial charge in [0.25, 0.3) is 0 Å². The van der Waals surface area contributed by atoms with Gasteiger partial charge >= 0.3 is 0 Å². The maximum Gasteiger partial charge on any atom is 0.105 e. The molecule has 0 bridgehead atoms. The van der Waals surface area contributed by atoms with Gasteiger partial charge in [-0.2, -0.15) is 0 Å². The predicted octanol–water partition coefficient (Wildman–Crippen LogP) is 4.90. The van der Waals surface area contributed by atoms with Crippen molar-refractivity contribution in [3.05, 3.63) is 44.4 Å². The number of rotatable bonds is 2. The Morgan fingerprint density at radius 1 is 1.43 bits per heavy atom. The molecule has 4 heteroatoms. The molecule has 2 heterocycles. The second-order valence-corrected chi connectivity index (χ2v) is 5.65. The lowest BCUT2D eigenvalue weighted by Crippen LogP contribution is -1.89. The van der Waals surface area contributed by atoms with E-state index in [2.05, 4.69) is 43.3 Å². The summed E-state index contributed by atoms with van der Waals surface area (Å²) >= 11 is 8.93. The summed E-state index contributed by atoms with van der Waals surface area (Å²) in [6.45, 7) is 1.98. The molecule has 0 fully saturated rings. The Kier molecular flexibility index (Phi) is 3.14. The monoisotopic (exact) mass is 334 g/mol. The minimum atomic E-state index is 0.218. The average Bonchev–Trinajstić information content (AvgIpc) is 2.73. The van der Waals surface area contributed by atoms with E-state index in [1.807, 2.05) is 13.0 Å². The molecule has 2 rings (SSSR count). The van der Waals surface area contributed by atoms with E-state index in [0.717, 1.165) is 10.2 Å². The Morgan fingerprint density at radius 3 is 2.71 bits per heavy atom. The molecule has 0 amide bonds. The number of halogens is 2. The lowest BCUT2D eigenvalue weighted by molar-refractivity contribution is 0.530. The number of aryl methyl sites for hydroxylation is 1. The Bertz CT molecular complexity index is 393. The first-order valence-corrected chi connectivity index (χ1v) is 6.70. The SMILES string of the molecule is Cc1occc1C(Br)c1sccc1Br. The third kappa shape index (κ3) is 1.83. The van der Waals surface area contributed by atoms with Crippen LogP contribution in [0.4, 0.5) is 0 Å². The molecule has 74 valence electrons. The summed E-state index contributed by atoms with van der Waals surface area (Å²) in [5, 5.41) is 2.07. The van der Waals surface area contributed by atoms with Gasteiger partial charge in [-0.15, -0.1) is 11.3 Å². The van der Waals surface area contributed by atoms with Crippen molar-refractivity contribution < 1.29 is 4.42 Å². The van der Waals surface area contributed by atoms with Gasteiger partial charge in [-0.3, -0.25) is 0 Å². The highest BCUT2D eigenvalue weighted by Crippen LogP contribution is 2.40. The van der Waals surface area contributed by atoms with Gasteiger partial charge in [-0.05, 0) is 40.4 Å². The minimum Gasteiger partial charge on any atom is -0.469 e. The molecule has 2 aromatic heterocycles. The fraction of sp³-hybridized carbons (Fsp3) is 0.200. The van der Waals surface area contributed by atoms with Crippen molar-refractivity contribution in [3.63, 3.8) is 0 Å². The van der Waals surface area contributed by atoms with E-state index in [0.29, 0.717) is 0 Å². The van der Waals surface area contributed by atoms with Gasteiger partial charge in [0, 0.05) is 14.9 Å². The average molecular weight is 336 g/mol. The van der Waals surface area contributed by atoms with Crippen molar-refractivity contribution in [2.45, 2.75) is 11.8 Å². The van der Waals surface area contributed by atoms with Gasteiger partial charge in [-0.1, -0.05) is 15.9 Å². The van der Waals surface area contributed by atoms with Crippen LogP contribution in [-0.2, 0) is 0 Å². The van der Waals surface area contributed by atoms with Crippen LogP contribution in [0, 0.1) is 6.92 Å². The second-order valence-electron chi connectivity index (χ2n) is 2.93. The quantitative estimate of drug-likeness (QED) is 0.712. The van der Waals surface area contributed by atoms with E-state index in [9.17, 15) is 0 Å². The highest BCUT2D eigenvalue weighted by molar-refractivity contribution is 9.11. The van der Waals surface area contributed by atoms with E-state index in [1.54, 1.807) is 17.6 Å². The molecule has 0 aliphatic rings. The maximum absolute atomic E-state index is 5.28. The number of hydrogen-bond donors (Lipinski definition) is 0. The predicted molar refractivity (Wildman–Crippen MR) is 66.2 cm³/mol. The molecule has 1 unspecified atom stereocenters. The minimum absolute atomic E-state index is 0.218. The van der Waals surface area contributed by atoms with Crippen LogP contribution in [-0.4, -0.2) is 0 Å². The molecule has 0 aliphatic carbocycles. The summed E-state index contributed by atoms with van der Waals surface area (Å²) < 4.78 is 6.43. The molecule has 2 aromatic rings. The zero-order valence-electron chi connectivity index (χ0n) is 7.46. The Morgan fingerprint density at radius 2 is 2.21 bits per heavy atom. The lowest BCUT2D eigenvalue weighted by Gasteiger charge is -2.06. The van der Waals surface area contributed by atoms with Crippen molar-refractivity contribution in [2.24, 2.45) is 0 Å².